The Morgan fingerprint density at radius 1 is 1.15 bits per heavy atom. The standard InChI is InChI=1S/C16H11ClF3N5O/c17-12-5-2-6-13(8-12)21-14(26)9-25-23-15(22-24-25)10-3-1-4-11(7-10)16(18,19)20/h1-8H,9H2,(H,21,26). The van der Waals surface area contributed by atoms with Gasteiger partial charge in [-0.25, -0.2) is 0 Å². The number of carbonyl (C=O) groups is 1. The van der Waals surface area contributed by atoms with Crippen molar-refractivity contribution in [3.8, 4) is 11.4 Å². The normalized spacial score (nSPS) is 11.4. The van der Waals surface area contributed by atoms with Crippen LogP contribution in [0.2, 0.25) is 5.02 Å². The molecule has 0 fully saturated rings. The molecule has 0 saturated carbocycles. The monoisotopic (exact) mass is 381 g/mol. The molecule has 1 aromatic heterocycles. The van der Waals surface area contributed by atoms with E-state index in [1.54, 1.807) is 24.3 Å². The van der Waals surface area contributed by atoms with Gasteiger partial charge in [-0.3, -0.25) is 4.79 Å². The van der Waals surface area contributed by atoms with Gasteiger partial charge in [-0.1, -0.05) is 29.8 Å². The number of nitrogens with zero attached hydrogens (tertiary/aromatic N) is 4. The number of tetrazole rings is 1. The Morgan fingerprint density at radius 2 is 1.92 bits per heavy atom. The van der Waals surface area contributed by atoms with E-state index >= 15 is 0 Å². The van der Waals surface area contributed by atoms with E-state index in [0.717, 1.165) is 16.9 Å². The van der Waals surface area contributed by atoms with Gasteiger partial charge in [-0.15, -0.1) is 10.2 Å². The van der Waals surface area contributed by atoms with Gasteiger partial charge in [0.2, 0.25) is 11.7 Å². The molecule has 1 heterocycles. The van der Waals surface area contributed by atoms with Crippen LogP contribution in [0.3, 0.4) is 0 Å². The third kappa shape index (κ3) is 4.37. The minimum absolute atomic E-state index is 0.00773. The first kappa shape index (κ1) is 17.9. The van der Waals surface area contributed by atoms with Crippen LogP contribution in [0.15, 0.2) is 48.5 Å². The molecule has 0 atom stereocenters. The Kier molecular flexibility index (Phi) is 4.90. The molecular formula is C16H11ClF3N5O. The summed E-state index contributed by atoms with van der Waals surface area (Å²) in [6.07, 6.45) is -4.47. The molecule has 0 unspecified atom stereocenters. The molecule has 0 spiro atoms. The maximum absolute atomic E-state index is 12.8. The molecule has 3 rings (SSSR count). The lowest BCUT2D eigenvalue weighted by Crippen LogP contribution is -2.20. The second kappa shape index (κ2) is 7.12. The minimum Gasteiger partial charge on any atom is -0.324 e. The van der Waals surface area contributed by atoms with Crippen LogP contribution in [0.4, 0.5) is 18.9 Å². The first-order valence-corrected chi connectivity index (χ1v) is 7.70. The molecule has 10 heteroatoms. The number of amides is 1. The number of hydrogen-bond donors (Lipinski definition) is 1. The van der Waals surface area contributed by atoms with Crippen molar-refractivity contribution >= 4 is 23.2 Å². The molecule has 6 nitrogen and oxygen atoms in total. The number of rotatable bonds is 4. The lowest BCUT2D eigenvalue weighted by atomic mass is 10.1. The van der Waals surface area contributed by atoms with Crippen LogP contribution in [-0.2, 0) is 17.5 Å². The van der Waals surface area contributed by atoms with Crippen molar-refractivity contribution < 1.29 is 18.0 Å². The van der Waals surface area contributed by atoms with E-state index in [1.165, 1.54) is 12.1 Å². The molecular weight excluding hydrogens is 371 g/mol. The van der Waals surface area contributed by atoms with Crippen molar-refractivity contribution in [1.82, 2.24) is 20.2 Å². The van der Waals surface area contributed by atoms with E-state index in [9.17, 15) is 18.0 Å². The maximum atomic E-state index is 12.8. The fourth-order valence-corrected chi connectivity index (χ4v) is 2.35. The van der Waals surface area contributed by atoms with Crippen molar-refractivity contribution in [2.75, 3.05) is 5.32 Å². The number of nitrogens with one attached hydrogen (secondary N) is 1. The van der Waals surface area contributed by atoms with E-state index in [4.69, 9.17) is 11.6 Å². The van der Waals surface area contributed by atoms with Crippen molar-refractivity contribution in [2.45, 2.75) is 12.7 Å². The Morgan fingerprint density at radius 3 is 2.65 bits per heavy atom. The van der Waals surface area contributed by atoms with Crippen LogP contribution in [0.1, 0.15) is 5.56 Å². The molecule has 2 aromatic carbocycles. The largest absolute Gasteiger partial charge is 0.416 e. The molecule has 3 aromatic rings. The highest BCUT2D eigenvalue weighted by molar-refractivity contribution is 6.30. The molecule has 0 aliphatic carbocycles. The van der Waals surface area contributed by atoms with Crippen molar-refractivity contribution in [3.05, 3.63) is 59.1 Å². The Hall–Kier alpha value is -2.94. The Bertz CT molecular complexity index is 941. The number of anilines is 1. The van der Waals surface area contributed by atoms with E-state index in [1.807, 2.05) is 0 Å². The average Bonchev–Trinajstić information content (AvgIpc) is 3.02. The highest BCUT2D eigenvalue weighted by Gasteiger charge is 2.30. The highest BCUT2D eigenvalue weighted by Crippen LogP contribution is 2.31. The van der Waals surface area contributed by atoms with Gasteiger partial charge in [0.25, 0.3) is 0 Å². The predicted molar refractivity (Wildman–Crippen MR) is 88.3 cm³/mol. The number of halogens is 4. The number of carbonyl (C=O) groups excluding carboxylic acids is 1. The molecule has 1 N–H and O–H groups in total. The molecule has 0 bridgehead atoms. The first-order valence-electron chi connectivity index (χ1n) is 7.32. The Labute approximate surface area is 150 Å². The lowest BCUT2D eigenvalue weighted by molar-refractivity contribution is -0.137. The number of hydrogen-bond acceptors (Lipinski definition) is 4. The van der Waals surface area contributed by atoms with Crippen molar-refractivity contribution in [1.29, 1.82) is 0 Å². The van der Waals surface area contributed by atoms with E-state index in [0.29, 0.717) is 10.7 Å². The van der Waals surface area contributed by atoms with Gasteiger partial charge in [0.1, 0.15) is 6.54 Å². The molecule has 134 valence electrons. The zero-order valence-electron chi connectivity index (χ0n) is 13.0. The van der Waals surface area contributed by atoms with Crippen LogP contribution in [-0.4, -0.2) is 26.1 Å². The summed E-state index contributed by atoms with van der Waals surface area (Å²) in [5.41, 5.74) is -0.160. The van der Waals surface area contributed by atoms with Gasteiger partial charge < -0.3 is 5.32 Å². The fraction of sp³-hybridized carbons (Fsp3) is 0.125. The SMILES string of the molecule is O=C(Cn1nnc(-c2cccc(C(F)(F)F)c2)n1)Nc1cccc(Cl)c1. The van der Waals surface area contributed by atoms with Crippen LogP contribution in [0.25, 0.3) is 11.4 Å². The molecule has 0 saturated heterocycles. The number of aromatic nitrogens is 4. The smallest absolute Gasteiger partial charge is 0.324 e. The minimum atomic E-state index is -4.47. The van der Waals surface area contributed by atoms with Gasteiger partial charge in [-0.2, -0.15) is 18.0 Å². The van der Waals surface area contributed by atoms with Crippen LogP contribution < -0.4 is 5.32 Å². The van der Waals surface area contributed by atoms with Crippen molar-refractivity contribution in [3.63, 3.8) is 0 Å². The first-order chi connectivity index (χ1) is 12.3. The summed E-state index contributed by atoms with van der Waals surface area (Å²) in [5, 5.41) is 14.4. The molecule has 0 radical (unpaired) electrons. The van der Waals surface area contributed by atoms with E-state index in [-0.39, 0.29) is 17.9 Å². The van der Waals surface area contributed by atoms with Crippen LogP contribution in [0.5, 0.6) is 0 Å². The van der Waals surface area contributed by atoms with Gasteiger partial charge in [-0.05, 0) is 35.5 Å². The van der Waals surface area contributed by atoms with Gasteiger partial charge >= 0.3 is 6.18 Å². The quantitative estimate of drug-likeness (QED) is 0.748. The Balaban J connectivity index is 1.71. The highest BCUT2D eigenvalue weighted by atomic mass is 35.5. The summed E-state index contributed by atoms with van der Waals surface area (Å²) in [5.74, 6) is -0.438. The summed E-state index contributed by atoms with van der Waals surface area (Å²) in [6, 6.07) is 11.1. The summed E-state index contributed by atoms with van der Waals surface area (Å²) in [4.78, 5) is 13.0. The summed E-state index contributed by atoms with van der Waals surface area (Å²) in [7, 11) is 0. The summed E-state index contributed by atoms with van der Waals surface area (Å²) >= 11 is 5.83. The van der Waals surface area contributed by atoms with Gasteiger partial charge in [0, 0.05) is 16.3 Å². The van der Waals surface area contributed by atoms with Gasteiger partial charge in [0.05, 0.1) is 5.56 Å². The summed E-state index contributed by atoms with van der Waals surface area (Å²) in [6.45, 7) is -0.252. The van der Waals surface area contributed by atoms with Crippen LogP contribution >= 0.6 is 11.6 Å². The van der Waals surface area contributed by atoms with Gasteiger partial charge in [0.15, 0.2) is 0 Å². The maximum Gasteiger partial charge on any atom is 0.416 e. The van der Waals surface area contributed by atoms with E-state index < -0.39 is 17.6 Å². The third-order valence-corrected chi connectivity index (χ3v) is 3.53. The predicted octanol–water partition coefficient (Wildman–Crippen LogP) is 3.65. The molecule has 0 aliphatic heterocycles. The molecule has 0 aliphatic rings. The molecule has 26 heavy (non-hydrogen) atoms. The topological polar surface area (TPSA) is 72.7 Å². The number of benzene rings is 2. The van der Waals surface area contributed by atoms with Crippen LogP contribution in [0, 0.1) is 0 Å². The fourth-order valence-electron chi connectivity index (χ4n) is 2.16. The zero-order chi connectivity index (χ0) is 18.7. The number of alkyl halides is 3. The third-order valence-electron chi connectivity index (χ3n) is 3.29. The average molecular weight is 382 g/mol. The second-order valence-corrected chi connectivity index (χ2v) is 5.72. The summed E-state index contributed by atoms with van der Waals surface area (Å²) < 4.78 is 38.3. The molecule has 1 amide bonds. The van der Waals surface area contributed by atoms with E-state index in [2.05, 4.69) is 20.7 Å². The lowest BCUT2D eigenvalue weighted by Gasteiger charge is -2.06. The zero-order valence-corrected chi connectivity index (χ0v) is 13.8. The van der Waals surface area contributed by atoms with Crippen molar-refractivity contribution in [2.24, 2.45) is 0 Å². The second-order valence-electron chi connectivity index (χ2n) is 5.28.